The van der Waals surface area contributed by atoms with Crippen molar-refractivity contribution in [3.63, 3.8) is 0 Å². The molecule has 1 unspecified atom stereocenters. The van der Waals surface area contributed by atoms with Crippen LogP contribution in [-0.2, 0) is 4.74 Å². The Morgan fingerprint density at radius 3 is 2.68 bits per heavy atom. The summed E-state index contributed by atoms with van der Waals surface area (Å²) >= 11 is 5.22. The molecule has 0 saturated heterocycles. The van der Waals surface area contributed by atoms with Crippen molar-refractivity contribution in [3.8, 4) is 0 Å². The van der Waals surface area contributed by atoms with E-state index in [0.29, 0.717) is 19.1 Å². The van der Waals surface area contributed by atoms with Crippen LogP contribution in [0.15, 0.2) is 15.9 Å². The van der Waals surface area contributed by atoms with E-state index in [9.17, 15) is 4.79 Å². The highest BCUT2D eigenvalue weighted by atomic mass is 79.9. The number of hydrogen-bond donors (Lipinski definition) is 1. The third-order valence-corrected chi connectivity index (χ3v) is 4.98. The number of hydrogen-bond acceptors (Lipinski definition) is 4. The Balaban J connectivity index is 2.31. The van der Waals surface area contributed by atoms with E-state index in [1.165, 1.54) is 4.88 Å². The number of amides is 1. The molecule has 0 spiro atoms. The van der Waals surface area contributed by atoms with Crippen LogP contribution in [0.1, 0.15) is 52.0 Å². The van der Waals surface area contributed by atoms with Gasteiger partial charge < -0.3 is 15.0 Å². The van der Waals surface area contributed by atoms with Crippen LogP contribution in [0, 0.1) is 0 Å². The number of carbonyl (C=O) groups excluding carboxylic acids is 1. The summed E-state index contributed by atoms with van der Waals surface area (Å²) < 4.78 is 6.53. The number of thiophene rings is 1. The lowest BCUT2D eigenvalue weighted by molar-refractivity contribution is 0.0258. The van der Waals surface area contributed by atoms with E-state index in [1.54, 1.807) is 16.2 Å². The smallest absolute Gasteiger partial charge is 0.410 e. The van der Waals surface area contributed by atoms with Crippen molar-refractivity contribution in [1.82, 2.24) is 10.2 Å². The Hall–Kier alpha value is -0.590. The summed E-state index contributed by atoms with van der Waals surface area (Å²) in [7, 11) is 0. The van der Waals surface area contributed by atoms with Gasteiger partial charge in [0.05, 0.1) is 0 Å². The second-order valence-corrected chi connectivity index (χ2v) is 8.12. The van der Waals surface area contributed by atoms with Gasteiger partial charge in [0.25, 0.3) is 0 Å². The van der Waals surface area contributed by atoms with E-state index in [1.807, 2.05) is 27.7 Å². The molecule has 0 aliphatic carbocycles. The largest absolute Gasteiger partial charge is 0.444 e. The monoisotopic (exact) mass is 390 g/mol. The first-order valence-corrected chi connectivity index (χ1v) is 9.35. The molecule has 4 nitrogen and oxygen atoms in total. The number of nitrogens with one attached hydrogen (secondary N) is 1. The number of rotatable bonds is 7. The van der Waals surface area contributed by atoms with Crippen LogP contribution in [0.2, 0.25) is 0 Å². The molecule has 0 bridgehead atoms. The van der Waals surface area contributed by atoms with Crippen LogP contribution in [0.4, 0.5) is 4.79 Å². The molecule has 0 saturated carbocycles. The van der Waals surface area contributed by atoms with Crippen LogP contribution in [-0.4, -0.2) is 36.2 Å². The molecule has 22 heavy (non-hydrogen) atoms. The van der Waals surface area contributed by atoms with Gasteiger partial charge in [-0.25, -0.2) is 4.79 Å². The summed E-state index contributed by atoms with van der Waals surface area (Å²) in [5.74, 6) is 0. The van der Waals surface area contributed by atoms with E-state index < -0.39 is 5.60 Å². The first-order chi connectivity index (χ1) is 10.2. The average Bonchev–Trinajstić information content (AvgIpc) is 2.83. The summed E-state index contributed by atoms with van der Waals surface area (Å²) in [5.41, 5.74) is -0.441. The molecule has 1 heterocycles. The fourth-order valence-electron chi connectivity index (χ4n) is 1.95. The lowest BCUT2D eigenvalue weighted by Crippen LogP contribution is -2.38. The van der Waals surface area contributed by atoms with Gasteiger partial charge in [0, 0.05) is 33.9 Å². The van der Waals surface area contributed by atoms with E-state index in [4.69, 9.17) is 4.74 Å². The number of halogens is 1. The highest BCUT2D eigenvalue weighted by Crippen LogP contribution is 2.25. The Morgan fingerprint density at radius 1 is 1.50 bits per heavy atom. The average molecular weight is 391 g/mol. The Bertz CT molecular complexity index is 471. The number of ether oxygens (including phenoxy) is 1. The van der Waals surface area contributed by atoms with Crippen molar-refractivity contribution in [2.45, 2.75) is 52.7 Å². The zero-order valence-corrected chi connectivity index (χ0v) is 16.5. The van der Waals surface area contributed by atoms with Crippen molar-refractivity contribution in [2.24, 2.45) is 0 Å². The summed E-state index contributed by atoms with van der Waals surface area (Å²) in [6.45, 7) is 12.0. The van der Waals surface area contributed by atoms with Gasteiger partial charge >= 0.3 is 6.09 Å². The number of carbonyl (C=O) groups is 1. The van der Waals surface area contributed by atoms with Gasteiger partial charge in [0.2, 0.25) is 0 Å². The zero-order chi connectivity index (χ0) is 16.8. The first kappa shape index (κ1) is 19.5. The fourth-order valence-corrected chi connectivity index (χ4v) is 3.43. The predicted molar refractivity (Wildman–Crippen MR) is 96.5 cm³/mol. The van der Waals surface area contributed by atoms with Crippen LogP contribution >= 0.6 is 27.3 Å². The summed E-state index contributed by atoms with van der Waals surface area (Å²) in [4.78, 5) is 15.1. The van der Waals surface area contributed by atoms with Gasteiger partial charge in [-0.1, -0.05) is 0 Å². The van der Waals surface area contributed by atoms with Crippen molar-refractivity contribution < 1.29 is 9.53 Å². The van der Waals surface area contributed by atoms with Crippen LogP contribution < -0.4 is 5.32 Å². The van der Waals surface area contributed by atoms with Gasteiger partial charge in [-0.15, -0.1) is 11.3 Å². The molecule has 1 amide bonds. The van der Waals surface area contributed by atoms with Crippen LogP contribution in [0.3, 0.4) is 0 Å². The second kappa shape index (κ2) is 8.89. The second-order valence-electron chi connectivity index (χ2n) is 6.26. The van der Waals surface area contributed by atoms with Gasteiger partial charge in [-0.3, -0.25) is 0 Å². The van der Waals surface area contributed by atoms with Crippen molar-refractivity contribution in [2.75, 3.05) is 19.6 Å². The molecule has 1 aromatic heterocycles. The van der Waals surface area contributed by atoms with Crippen molar-refractivity contribution in [3.05, 3.63) is 20.8 Å². The van der Waals surface area contributed by atoms with E-state index in [0.717, 1.165) is 17.4 Å². The number of nitrogens with zero attached hydrogens (tertiary/aromatic N) is 1. The lowest BCUT2D eigenvalue weighted by Gasteiger charge is -2.26. The molecular formula is C16H27BrN2O2S. The molecule has 0 radical (unpaired) electrons. The third-order valence-electron chi connectivity index (χ3n) is 3.10. The minimum absolute atomic E-state index is 0.231. The summed E-state index contributed by atoms with van der Waals surface area (Å²) in [5, 5.41) is 5.58. The van der Waals surface area contributed by atoms with E-state index in [-0.39, 0.29) is 6.09 Å². The predicted octanol–water partition coefficient (Wildman–Crippen LogP) is 4.81. The molecular weight excluding hydrogens is 364 g/mol. The molecule has 1 aromatic rings. The lowest BCUT2D eigenvalue weighted by atomic mass is 10.2. The standard InChI is InChI=1S/C16H27BrN2O2S/c1-6-19(15(20)21-16(3,4)5)9-7-8-18-12(2)14-10-13(17)11-22-14/h10-12,18H,6-9H2,1-5H3. The highest BCUT2D eigenvalue weighted by Gasteiger charge is 2.20. The van der Waals surface area contributed by atoms with E-state index in [2.05, 4.69) is 39.6 Å². The molecule has 1 atom stereocenters. The minimum atomic E-state index is -0.441. The SMILES string of the molecule is CCN(CCCNC(C)c1cc(Br)cs1)C(=O)OC(C)(C)C. The van der Waals surface area contributed by atoms with Crippen LogP contribution in [0.5, 0.6) is 0 Å². The molecule has 0 aliphatic heterocycles. The maximum Gasteiger partial charge on any atom is 0.410 e. The molecule has 0 fully saturated rings. The molecule has 1 rings (SSSR count). The topological polar surface area (TPSA) is 41.6 Å². The molecule has 0 aliphatic rings. The quantitative estimate of drug-likeness (QED) is 0.679. The van der Waals surface area contributed by atoms with Crippen molar-refractivity contribution in [1.29, 1.82) is 0 Å². The van der Waals surface area contributed by atoms with Gasteiger partial charge in [0.1, 0.15) is 5.60 Å². The Labute approximate surface area is 146 Å². The molecule has 0 aromatic carbocycles. The third kappa shape index (κ3) is 7.11. The Kier molecular flexibility index (Phi) is 7.86. The highest BCUT2D eigenvalue weighted by molar-refractivity contribution is 9.10. The minimum Gasteiger partial charge on any atom is -0.444 e. The fraction of sp³-hybridized carbons (Fsp3) is 0.688. The Morgan fingerprint density at radius 2 is 2.18 bits per heavy atom. The maximum absolute atomic E-state index is 12.0. The molecule has 6 heteroatoms. The van der Waals surface area contributed by atoms with Gasteiger partial charge in [-0.05, 0) is 69.6 Å². The van der Waals surface area contributed by atoms with Gasteiger partial charge in [-0.2, -0.15) is 0 Å². The van der Waals surface area contributed by atoms with Gasteiger partial charge in [0.15, 0.2) is 0 Å². The van der Waals surface area contributed by atoms with Crippen molar-refractivity contribution >= 4 is 33.4 Å². The normalized spacial score (nSPS) is 13.0. The zero-order valence-electron chi connectivity index (χ0n) is 14.1. The molecule has 1 N–H and O–H groups in total. The first-order valence-electron chi connectivity index (χ1n) is 7.68. The maximum atomic E-state index is 12.0. The summed E-state index contributed by atoms with van der Waals surface area (Å²) in [6, 6.07) is 2.47. The van der Waals surface area contributed by atoms with E-state index >= 15 is 0 Å². The summed E-state index contributed by atoms with van der Waals surface area (Å²) in [6.07, 6.45) is 0.675. The van der Waals surface area contributed by atoms with Crippen LogP contribution in [0.25, 0.3) is 0 Å². The molecule has 126 valence electrons.